The summed E-state index contributed by atoms with van der Waals surface area (Å²) in [7, 11) is 1.95. The van der Waals surface area contributed by atoms with Crippen molar-refractivity contribution in [3.05, 3.63) is 35.4 Å². The Balaban J connectivity index is 1.57. The number of benzene rings is 1. The van der Waals surface area contributed by atoms with Crippen molar-refractivity contribution >= 4 is 5.91 Å². The maximum Gasteiger partial charge on any atom is 0.236 e. The molecule has 0 N–H and O–H groups in total. The van der Waals surface area contributed by atoms with Gasteiger partial charge in [-0.15, -0.1) is 0 Å². The molecule has 1 aromatic rings. The number of hydrogen-bond acceptors (Lipinski definition) is 2. The first-order valence-corrected chi connectivity index (χ1v) is 9.73. The molecule has 3 rings (SSSR count). The van der Waals surface area contributed by atoms with E-state index in [0.717, 1.165) is 19.0 Å². The van der Waals surface area contributed by atoms with Crippen LogP contribution < -0.4 is 0 Å². The Kier molecular flexibility index (Phi) is 5.94. The molecule has 1 atom stereocenters. The van der Waals surface area contributed by atoms with Crippen LogP contribution in [0.4, 0.5) is 0 Å². The summed E-state index contributed by atoms with van der Waals surface area (Å²) in [6.45, 7) is 4.85. The lowest BCUT2D eigenvalue weighted by Crippen LogP contribution is -2.41. The topological polar surface area (TPSA) is 23.6 Å². The summed E-state index contributed by atoms with van der Waals surface area (Å²) in [4.78, 5) is 16.8. The fraction of sp³-hybridized carbons (Fsp3) is 0.667. The van der Waals surface area contributed by atoms with Gasteiger partial charge < -0.3 is 4.90 Å². The van der Waals surface area contributed by atoms with Gasteiger partial charge in [-0.2, -0.15) is 0 Å². The van der Waals surface area contributed by atoms with E-state index in [2.05, 4.69) is 36.1 Å². The monoisotopic (exact) mass is 328 g/mol. The van der Waals surface area contributed by atoms with E-state index >= 15 is 0 Å². The van der Waals surface area contributed by atoms with Crippen molar-refractivity contribution in [3.8, 4) is 0 Å². The van der Waals surface area contributed by atoms with Crippen LogP contribution >= 0.6 is 0 Å². The Labute approximate surface area is 147 Å². The molecule has 1 aromatic carbocycles. The molecule has 1 amide bonds. The minimum Gasteiger partial charge on any atom is -0.338 e. The first kappa shape index (κ1) is 17.5. The molecule has 0 bridgehead atoms. The van der Waals surface area contributed by atoms with E-state index in [0.29, 0.717) is 6.54 Å². The number of rotatable bonds is 5. The van der Waals surface area contributed by atoms with Gasteiger partial charge in [-0.1, -0.05) is 43.5 Å². The lowest BCUT2D eigenvalue weighted by molar-refractivity contribution is -0.133. The number of carbonyl (C=O) groups is 1. The molecular formula is C21H32N2O. The highest BCUT2D eigenvalue weighted by molar-refractivity contribution is 5.78. The normalized spacial score (nSPS) is 20.9. The van der Waals surface area contributed by atoms with Gasteiger partial charge in [0.1, 0.15) is 0 Å². The predicted molar refractivity (Wildman–Crippen MR) is 99.1 cm³/mol. The van der Waals surface area contributed by atoms with Gasteiger partial charge in [-0.25, -0.2) is 0 Å². The van der Waals surface area contributed by atoms with Gasteiger partial charge in [-0.05, 0) is 62.7 Å². The van der Waals surface area contributed by atoms with Crippen LogP contribution in [0, 0.1) is 0 Å². The number of carbonyl (C=O) groups excluding carboxylic acids is 1. The second kappa shape index (κ2) is 8.15. The van der Waals surface area contributed by atoms with Crippen molar-refractivity contribution in [2.75, 3.05) is 26.7 Å². The van der Waals surface area contributed by atoms with E-state index in [-0.39, 0.29) is 11.9 Å². The molecule has 0 radical (unpaired) electrons. The van der Waals surface area contributed by atoms with Crippen molar-refractivity contribution < 1.29 is 4.79 Å². The SMILES string of the molecule is CC(c1ccc(C2CCCC2)cc1)N(C)C(=O)CN1CCCCC1. The number of hydrogen-bond donors (Lipinski definition) is 0. The van der Waals surface area contributed by atoms with Gasteiger partial charge in [0.15, 0.2) is 0 Å². The fourth-order valence-electron chi connectivity index (χ4n) is 4.17. The highest BCUT2D eigenvalue weighted by Crippen LogP contribution is 2.34. The molecule has 3 heteroatoms. The molecule has 1 aliphatic carbocycles. The quantitative estimate of drug-likeness (QED) is 0.802. The van der Waals surface area contributed by atoms with Gasteiger partial charge in [-0.3, -0.25) is 9.69 Å². The van der Waals surface area contributed by atoms with Crippen LogP contribution in [-0.4, -0.2) is 42.4 Å². The smallest absolute Gasteiger partial charge is 0.236 e. The molecule has 0 aromatic heterocycles. The Morgan fingerprint density at radius 2 is 1.71 bits per heavy atom. The van der Waals surface area contributed by atoms with Gasteiger partial charge in [0.2, 0.25) is 5.91 Å². The highest BCUT2D eigenvalue weighted by atomic mass is 16.2. The minimum atomic E-state index is 0.139. The van der Waals surface area contributed by atoms with Crippen LogP contribution in [-0.2, 0) is 4.79 Å². The zero-order valence-electron chi connectivity index (χ0n) is 15.3. The lowest BCUT2D eigenvalue weighted by Gasteiger charge is -2.31. The van der Waals surface area contributed by atoms with Gasteiger partial charge in [0.25, 0.3) is 0 Å². The highest BCUT2D eigenvalue weighted by Gasteiger charge is 2.22. The second-order valence-electron chi connectivity index (χ2n) is 7.67. The molecular weight excluding hydrogens is 296 g/mol. The average Bonchev–Trinajstić information content (AvgIpc) is 3.16. The van der Waals surface area contributed by atoms with E-state index in [1.54, 1.807) is 0 Å². The first-order chi connectivity index (χ1) is 11.6. The standard InChI is InChI=1S/C21H32N2O/c1-17(22(2)21(24)16-23-14-6-3-7-15-23)18-10-12-20(13-11-18)19-8-4-5-9-19/h10-13,17,19H,3-9,14-16H2,1-2H3. The summed E-state index contributed by atoms with van der Waals surface area (Å²) < 4.78 is 0. The summed E-state index contributed by atoms with van der Waals surface area (Å²) in [5.41, 5.74) is 2.72. The lowest BCUT2D eigenvalue weighted by atomic mass is 9.95. The van der Waals surface area contributed by atoms with E-state index in [1.807, 2.05) is 11.9 Å². The van der Waals surface area contributed by atoms with Crippen molar-refractivity contribution in [2.45, 2.75) is 63.8 Å². The van der Waals surface area contributed by atoms with Crippen molar-refractivity contribution in [2.24, 2.45) is 0 Å². The fourth-order valence-corrected chi connectivity index (χ4v) is 4.17. The van der Waals surface area contributed by atoms with Crippen molar-refractivity contribution in [3.63, 3.8) is 0 Å². The molecule has 1 heterocycles. The summed E-state index contributed by atoms with van der Waals surface area (Å²) in [6.07, 6.45) is 9.19. The number of amides is 1. The Morgan fingerprint density at radius 1 is 1.08 bits per heavy atom. The van der Waals surface area contributed by atoms with Gasteiger partial charge in [0, 0.05) is 7.05 Å². The number of piperidine rings is 1. The zero-order valence-corrected chi connectivity index (χ0v) is 15.3. The third-order valence-corrected chi connectivity index (χ3v) is 6.03. The molecule has 1 saturated carbocycles. The minimum absolute atomic E-state index is 0.139. The Hall–Kier alpha value is -1.35. The van der Waals surface area contributed by atoms with Crippen LogP contribution in [0.5, 0.6) is 0 Å². The maximum absolute atomic E-state index is 12.6. The summed E-state index contributed by atoms with van der Waals surface area (Å²) in [5.74, 6) is 0.997. The average molecular weight is 329 g/mol. The molecule has 0 spiro atoms. The van der Waals surface area contributed by atoms with E-state index in [9.17, 15) is 4.79 Å². The van der Waals surface area contributed by atoms with Crippen LogP contribution in [0.2, 0.25) is 0 Å². The van der Waals surface area contributed by atoms with Gasteiger partial charge in [0.05, 0.1) is 12.6 Å². The van der Waals surface area contributed by atoms with Crippen molar-refractivity contribution in [1.82, 2.24) is 9.80 Å². The maximum atomic E-state index is 12.6. The largest absolute Gasteiger partial charge is 0.338 e. The van der Waals surface area contributed by atoms with Crippen LogP contribution in [0.1, 0.15) is 75.0 Å². The molecule has 132 valence electrons. The summed E-state index contributed by atoms with van der Waals surface area (Å²) >= 11 is 0. The second-order valence-corrected chi connectivity index (χ2v) is 7.67. The predicted octanol–water partition coefficient (Wildman–Crippen LogP) is 4.35. The molecule has 2 fully saturated rings. The first-order valence-electron chi connectivity index (χ1n) is 9.73. The van der Waals surface area contributed by atoms with E-state index < -0.39 is 0 Å². The molecule has 3 nitrogen and oxygen atoms in total. The number of likely N-dealkylation sites (N-methyl/N-ethyl adjacent to an activating group) is 1. The zero-order chi connectivity index (χ0) is 16.9. The molecule has 1 saturated heterocycles. The molecule has 24 heavy (non-hydrogen) atoms. The third kappa shape index (κ3) is 4.18. The number of likely N-dealkylation sites (tertiary alicyclic amines) is 1. The third-order valence-electron chi connectivity index (χ3n) is 6.03. The Morgan fingerprint density at radius 3 is 2.33 bits per heavy atom. The molecule has 1 unspecified atom stereocenters. The van der Waals surface area contributed by atoms with E-state index in [1.165, 1.54) is 56.1 Å². The van der Waals surface area contributed by atoms with Gasteiger partial charge >= 0.3 is 0 Å². The molecule has 1 aliphatic heterocycles. The Bertz CT molecular complexity index is 527. The number of nitrogens with zero attached hydrogens (tertiary/aromatic N) is 2. The molecule has 2 aliphatic rings. The summed E-state index contributed by atoms with van der Waals surface area (Å²) in [6, 6.07) is 9.15. The summed E-state index contributed by atoms with van der Waals surface area (Å²) in [5, 5.41) is 0. The van der Waals surface area contributed by atoms with Crippen LogP contribution in [0.3, 0.4) is 0 Å². The van der Waals surface area contributed by atoms with Crippen LogP contribution in [0.15, 0.2) is 24.3 Å². The van der Waals surface area contributed by atoms with Crippen LogP contribution in [0.25, 0.3) is 0 Å². The van der Waals surface area contributed by atoms with Crippen molar-refractivity contribution in [1.29, 1.82) is 0 Å². The van der Waals surface area contributed by atoms with E-state index in [4.69, 9.17) is 0 Å².